The second-order valence-corrected chi connectivity index (χ2v) is 3.78. The summed E-state index contributed by atoms with van der Waals surface area (Å²) in [4.78, 5) is 0. The van der Waals surface area contributed by atoms with Gasteiger partial charge in [0.05, 0.1) is 13.2 Å². The lowest BCUT2D eigenvalue weighted by molar-refractivity contribution is 0.107. The van der Waals surface area contributed by atoms with Crippen LogP contribution in [0.3, 0.4) is 0 Å². The summed E-state index contributed by atoms with van der Waals surface area (Å²) in [5.74, 6) is 0. The molecule has 2 heteroatoms. The van der Waals surface area contributed by atoms with E-state index in [4.69, 9.17) is 9.84 Å². The van der Waals surface area contributed by atoms with Crippen LogP contribution in [0, 0.1) is 0 Å². The Morgan fingerprint density at radius 3 is 1.44 bits per heavy atom. The van der Waals surface area contributed by atoms with Gasteiger partial charge in [-0.1, -0.05) is 60.7 Å². The number of aliphatic hydroxyl groups excluding tert-OH is 1. The summed E-state index contributed by atoms with van der Waals surface area (Å²) in [5, 5.41) is 7.57. The molecule has 1 N–H and O–H groups in total. The molecule has 2 aromatic rings. The highest BCUT2D eigenvalue weighted by atomic mass is 16.5. The Morgan fingerprint density at radius 1 is 0.778 bits per heavy atom. The molecule has 0 spiro atoms. The summed E-state index contributed by atoms with van der Waals surface area (Å²) < 4.78 is 5.61. The van der Waals surface area contributed by atoms with Gasteiger partial charge >= 0.3 is 0 Å². The molecule has 2 aromatic carbocycles. The zero-order valence-electron chi connectivity index (χ0n) is 10.8. The van der Waals surface area contributed by atoms with E-state index in [2.05, 4.69) is 24.3 Å². The molecule has 0 saturated carbocycles. The normalized spacial score (nSPS) is 9.44. The monoisotopic (exact) mass is 244 g/mol. The number of rotatable bonds is 4. The van der Waals surface area contributed by atoms with Gasteiger partial charge in [-0.2, -0.15) is 0 Å². The first-order chi connectivity index (χ1) is 8.86. The molecule has 0 aliphatic rings. The number of ether oxygens (including phenoxy) is 1. The fourth-order valence-corrected chi connectivity index (χ4v) is 1.44. The van der Waals surface area contributed by atoms with Gasteiger partial charge in [0.15, 0.2) is 0 Å². The molecule has 0 bridgehead atoms. The Labute approximate surface area is 109 Å². The van der Waals surface area contributed by atoms with E-state index in [1.807, 2.05) is 36.4 Å². The average Bonchev–Trinajstić information content (AvgIpc) is 2.42. The van der Waals surface area contributed by atoms with Crippen LogP contribution in [0.25, 0.3) is 0 Å². The lowest BCUT2D eigenvalue weighted by atomic mass is 10.2. The van der Waals surface area contributed by atoms with Gasteiger partial charge in [0, 0.05) is 6.61 Å². The van der Waals surface area contributed by atoms with E-state index in [0.29, 0.717) is 13.2 Å². The third-order valence-corrected chi connectivity index (χ3v) is 2.22. The Kier molecular flexibility index (Phi) is 7.53. The third kappa shape index (κ3) is 6.18. The van der Waals surface area contributed by atoms with E-state index in [1.54, 1.807) is 6.92 Å². The number of hydrogen-bond donors (Lipinski definition) is 1. The molecule has 96 valence electrons. The van der Waals surface area contributed by atoms with E-state index >= 15 is 0 Å². The highest BCUT2D eigenvalue weighted by Gasteiger charge is 1.93. The topological polar surface area (TPSA) is 29.5 Å². The van der Waals surface area contributed by atoms with Crippen LogP contribution in [0.4, 0.5) is 0 Å². The molecule has 0 amide bonds. The highest BCUT2D eigenvalue weighted by molar-refractivity contribution is 5.15. The van der Waals surface area contributed by atoms with Crippen LogP contribution in [0.1, 0.15) is 18.1 Å². The molecule has 0 fully saturated rings. The molecule has 0 radical (unpaired) electrons. The smallest absolute Gasteiger partial charge is 0.0721 e. The summed E-state index contributed by atoms with van der Waals surface area (Å²) in [5.41, 5.74) is 2.43. The minimum atomic E-state index is 0.250. The molecule has 0 atom stereocenters. The van der Waals surface area contributed by atoms with Gasteiger partial charge < -0.3 is 9.84 Å². The Hall–Kier alpha value is -1.64. The Bertz CT molecular complexity index is 358. The second-order valence-electron chi connectivity index (χ2n) is 3.78. The first-order valence-corrected chi connectivity index (χ1v) is 6.13. The van der Waals surface area contributed by atoms with Crippen molar-refractivity contribution in [1.82, 2.24) is 0 Å². The van der Waals surface area contributed by atoms with Gasteiger partial charge in [-0.05, 0) is 18.1 Å². The van der Waals surface area contributed by atoms with Gasteiger partial charge in [-0.3, -0.25) is 0 Å². The molecule has 2 rings (SSSR count). The standard InChI is InChI=1S/C14H14O.C2H6O/c1-3-7-13(8-4-1)11-15-12-14-9-5-2-6-10-14;1-2-3/h1-10H,11-12H2;3H,2H2,1H3. The van der Waals surface area contributed by atoms with Crippen molar-refractivity contribution in [2.24, 2.45) is 0 Å². The summed E-state index contributed by atoms with van der Waals surface area (Å²) in [6, 6.07) is 20.4. The zero-order valence-corrected chi connectivity index (χ0v) is 10.8. The lowest BCUT2D eigenvalue weighted by Gasteiger charge is -2.03. The minimum absolute atomic E-state index is 0.250. The molecule has 0 heterocycles. The number of hydrogen-bond acceptors (Lipinski definition) is 2. The number of benzene rings is 2. The predicted octanol–water partition coefficient (Wildman–Crippen LogP) is 3.40. The van der Waals surface area contributed by atoms with Crippen molar-refractivity contribution in [3.05, 3.63) is 71.8 Å². The van der Waals surface area contributed by atoms with Crippen molar-refractivity contribution in [2.45, 2.75) is 20.1 Å². The van der Waals surface area contributed by atoms with E-state index in [9.17, 15) is 0 Å². The van der Waals surface area contributed by atoms with Crippen molar-refractivity contribution in [2.75, 3.05) is 6.61 Å². The van der Waals surface area contributed by atoms with Crippen LogP contribution in [-0.2, 0) is 18.0 Å². The van der Waals surface area contributed by atoms with E-state index in [1.165, 1.54) is 11.1 Å². The first-order valence-electron chi connectivity index (χ1n) is 6.13. The summed E-state index contributed by atoms with van der Waals surface area (Å²) >= 11 is 0. The van der Waals surface area contributed by atoms with Gasteiger partial charge in [-0.15, -0.1) is 0 Å². The summed E-state index contributed by atoms with van der Waals surface area (Å²) in [6.45, 7) is 3.28. The van der Waals surface area contributed by atoms with Crippen LogP contribution in [0.2, 0.25) is 0 Å². The van der Waals surface area contributed by atoms with Crippen LogP contribution >= 0.6 is 0 Å². The molecule has 2 nitrogen and oxygen atoms in total. The average molecular weight is 244 g/mol. The van der Waals surface area contributed by atoms with Crippen molar-refractivity contribution in [1.29, 1.82) is 0 Å². The van der Waals surface area contributed by atoms with Crippen LogP contribution < -0.4 is 0 Å². The Balaban J connectivity index is 0.000000492. The second kappa shape index (κ2) is 9.40. The molecule has 0 aromatic heterocycles. The zero-order chi connectivity index (χ0) is 13.1. The van der Waals surface area contributed by atoms with Crippen molar-refractivity contribution in [3.63, 3.8) is 0 Å². The van der Waals surface area contributed by atoms with Crippen molar-refractivity contribution < 1.29 is 9.84 Å². The van der Waals surface area contributed by atoms with Crippen LogP contribution in [-0.4, -0.2) is 11.7 Å². The highest BCUT2D eigenvalue weighted by Crippen LogP contribution is 2.05. The van der Waals surface area contributed by atoms with E-state index < -0.39 is 0 Å². The van der Waals surface area contributed by atoms with Crippen molar-refractivity contribution in [3.8, 4) is 0 Å². The fraction of sp³-hybridized carbons (Fsp3) is 0.250. The van der Waals surface area contributed by atoms with Crippen molar-refractivity contribution >= 4 is 0 Å². The summed E-state index contributed by atoms with van der Waals surface area (Å²) in [6.07, 6.45) is 0. The maximum Gasteiger partial charge on any atom is 0.0721 e. The van der Waals surface area contributed by atoms with Gasteiger partial charge in [0.25, 0.3) is 0 Å². The third-order valence-electron chi connectivity index (χ3n) is 2.22. The Morgan fingerprint density at radius 2 is 1.11 bits per heavy atom. The number of aliphatic hydroxyl groups is 1. The SMILES string of the molecule is CCO.c1ccc(COCc2ccccc2)cc1. The maximum atomic E-state index is 7.57. The predicted molar refractivity (Wildman–Crippen MR) is 74.1 cm³/mol. The molecule has 0 aliphatic heterocycles. The quantitative estimate of drug-likeness (QED) is 0.893. The minimum Gasteiger partial charge on any atom is -0.397 e. The van der Waals surface area contributed by atoms with Gasteiger partial charge in [0.2, 0.25) is 0 Å². The molecule has 18 heavy (non-hydrogen) atoms. The molecule has 0 aliphatic carbocycles. The first kappa shape index (κ1) is 14.4. The van der Waals surface area contributed by atoms with Gasteiger partial charge in [0.1, 0.15) is 0 Å². The molecular weight excluding hydrogens is 224 g/mol. The van der Waals surface area contributed by atoms with E-state index in [-0.39, 0.29) is 6.61 Å². The largest absolute Gasteiger partial charge is 0.397 e. The molecule has 0 saturated heterocycles. The van der Waals surface area contributed by atoms with Crippen LogP contribution in [0.15, 0.2) is 60.7 Å². The maximum absolute atomic E-state index is 7.57. The lowest BCUT2D eigenvalue weighted by Crippen LogP contribution is -1.93. The molecular formula is C16H20O2. The summed E-state index contributed by atoms with van der Waals surface area (Å²) in [7, 11) is 0. The molecule has 0 unspecified atom stereocenters. The van der Waals surface area contributed by atoms with E-state index in [0.717, 1.165) is 0 Å². The van der Waals surface area contributed by atoms with Crippen LogP contribution in [0.5, 0.6) is 0 Å². The van der Waals surface area contributed by atoms with Gasteiger partial charge in [-0.25, -0.2) is 0 Å². The fourth-order valence-electron chi connectivity index (χ4n) is 1.44.